The van der Waals surface area contributed by atoms with Crippen molar-refractivity contribution in [2.45, 2.75) is 45.1 Å². The number of hydrogen-bond acceptors (Lipinski definition) is 6. The second-order valence-electron chi connectivity index (χ2n) is 8.81. The highest BCUT2D eigenvalue weighted by Crippen LogP contribution is 2.37. The molecular weight excluding hydrogens is 440 g/mol. The zero-order valence-corrected chi connectivity index (χ0v) is 19.6. The van der Waals surface area contributed by atoms with Gasteiger partial charge in [0, 0.05) is 23.6 Å². The number of benzene rings is 1. The maximum atomic E-state index is 13.4. The summed E-state index contributed by atoms with van der Waals surface area (Å²) in [5, 5.41) is 9.88. The van der Waals surface area contributed by atoms with E-state index in [4.69, 9.17) is 16.3 Å². The molecule has 0 saturated carbocycles. The van der Waals surface area contributed by atoms with E-state index in [-0.39, 0.29) is 53.2 Å². The molecule has 0 bridgehead atoms. The lowest BCUT2D eigenvalue weighted by atomic mass is 9.78. The zero-order valence-electron chi connectivity index (χ0n) is 18.0. The number of ether oxygens (including phenoxy) is 1. The van der Waals surface area contributed by atoms with E-state index in [0.29, 0.717) is 10.6 Å². The normalized spacial score (nSPS) is 17.6. The smallest absolute Gasteiger partial charge is 0.264 e. The molecule has 7 nitrogen and oxygen atoms in total. The average Bonchev–Trinajstić information content (AvgIpc) is 2.71. The molecule has 2 heterocycles. The third-order valence-corrected chi connectivity index (χ3v) is 7.56. The van der Waals surface area contributed by atoms with Crippen LogP contribution in [0.15, 0.2) is 41.4 Å². The number of pyridine rings is 1. The van der Waals surface area contributed by atoms with E-state index < -0.39 is 16.1 Å². The molecule has 0 unspecified atom stereocenters. The van der Waals surface area contributed by atoms with Crippen LogP contribution in [0.3, 0.4) is 0 Å². The molecule has 31 heavy (non-hydrogen) atoms. The van der Waals surface area contributed by atoms with Gasteiger partial charge < -0.3 is 9.84 Å². The second-order valence-corrected chi connectivity index (χ2v) is 11.1. The number of nitrogens with zero attached hydrogens (tertiary/aromatic N) is 2. The maximum absolute atomic E-state index is 13.4. The Balaban J connectivity index is 2.00. The van der Waals surface area contributed by atoms with Gasteiger partial charge in [-0.3, -0.25) is 9.10 Å². The number of aliphatic hydroxyl groups is 1. The molecule has 0 spiro atoms. The van der Waals surface area contributed by atoms with Crippen LogP contribution in [0.1, 0.15) is 33.3 Å². The molecule has 2 atom stereocenters. The summed E-state index contributed by atoms with van der Waals surface area (Å²) in [6.07, 6.45) is 0.880. The molecular formula is C22H27ClN2O5S. The first-order chi connectivity index (χ1) is 14.4. The van der Waals surface area contributed by atoms with Gasteiger partial charge in [0.1, 0.15) is 17.6 Å². The van der Waals surface area contributed by atoms with Gasteiger partial charge in [-0.15, -0.1) is 0 Å². The van der Waals surface area contributed by atoms with E-state index in [1.165, 1.54) is 18.3 Å². The van der Waals surface area contributed by atoms with Crippen molar-refractivity contribution in [1.29, 1.82) is 0 Å². The minimum atomic E-state index is -3.99. The monoisotopic (exact) mass is 466 g/mol. The first kappa shape index (κ1) is 23.5. The van der Waals surface area contributed by atoms with Crippen molar-refractivity contribution in [2.75, 3.05) is 17.5 Å². The van der Waals surface area contributed by atoms with Crippen molar-refractivity contribution in [3.63, 3.8) is 0 Å². The molecule has 1 N–H and O–H groups in total. The highest BCUT2D eigenvalue weighted by atomic mass is 35.5. The minimum Gasteiger partial charge on any atom is -0.468 e. The first-order valence-corrected chi connectivity index (χ1v) is 11.8. The Labute approximate surface area is 188 Å². The number of fused-ring (bicyclic) bond motifs is 1. The predicted octanol–water partition coefficient (Wildman–Crippen LogP) is 3.48. The molecule has 1 aliphatic heterocycles. The molecule has 1 aliphatic rings. The van der Waals surface area contributed by atoms with Crippen molar-refractivity contribution in [3.05, 3.63) is 47.1 Å². The molecule has 0 radical (unpaired) electrons. The molecule has 168 valence electrons. The number of ketones is 1. The lowest BCUT2D eigenvalue weighted by Gasteiger charge is -2.34. The summed E-state index contributed by atoms with van der Waals surface area (Å²) in [5.41, 5.74) is 0.647. The molecule has 0 aliphatic carbocycles. The number of aromatic nitrogens is 1. The first-order valence-electron chi connectivity index (χ1n) is 10.0. The Hall–Kier alpha value is -2.16. The van der Waals surface area contributed by atoms with Gasteiger partial charge in [0.15, 0.2) is 0 Å². The molecule has 9 heteroatoms. The SMILES string of the molecule is C[C@H](C(=O)Cc1cnc2c(c1)N(S(=O)(=O)c1cccc(Cl)c1)C[C@H](CO)O2)C(C)(C)C. The van der Waals surface area contributed by atoms with Gasteiger partial charge in [-0.05, 0) is 35.2 Å². The molecule has 1 aromatic heterocycles. The van der Waals surface area contributed by atoms with Crippen molar-refractivity contribution < 1.29 is 23.1 Å². The van der Waals surface area contributed by atoms with Gasteiger partial charge in [0.25, 0.3) is 10.0 Å². The van der Waals surface area contributed by atoms with E-state index in [1.807, 2.05) is 27.7 Å². The number of hydrogen-bond donors (Lipinski definition) is 1. The van der Waals surface area contributed by atoms with E-state index >= 15 is 0 Å². The number of aliphatic hydroxyl groups excluding tert-OH is 1. The van der Waals surface area contributed by atoms with Crippen molar-refractivity contribution >= 4 is 33.1 Å². The van der Waals surface area contributed by atoms with Gasteiger partial charge in [-0.2, -0.15) is 0 Å². The van der Waals surface area contributed by atoms with Crippen LogP contribution in [0.2, 0.25) is 5.02 Å². The second kappa shape index (κ2) is 8.76. The zero-order chi connectivity index (χ0) is 23.0. The van der Waals surface area contributed by atoms with Crippen LogP contribution in [0.4, 0.5) is 5.69 Å². The summed E-state index contributed by atoms with van der Waals surface area (Å²) in [5.74, 6) is -0.0377. The number of sulfonamides is 1. The highest BCUT2D eigenvalue weighted by molar-refractivity contribution is 7.92. The summed E-state index contributed by atoms with van der Waals surface area (Å²) in [7, 11) is -3.99. The standard InChI is InChI=1S/C22H27ClN2O5S/c1-14(22(2,3)4)20(27)9-15-8-19-21(24-11-15)30-17(13-26)12-25(19)31(28,29)18-7-5-6-16(23)10-18/h5-8,10-11,14,17,26H,9,12-13H2,1-4H3/t14-,17-/m1/s1. The molecule has 0 fully saturated rings. The number of Topliss-reactive ketones (excluding diaryl/α,β-unsaturated/α-hetero) is 1. The number of rotatable bonds is 6. The Morgan fingerprint density at radius 2 is 2.06 bits per heavy atom. The molecule has 3 rings (SSSR count). The summed E-state index contributed by atoms with van der Waals surface area (Å²) in [6, 6.07) is 7.58. The number of carbonyl (C=O) groups is 1. The van der Waals surface area contributed by atoms with Crippen molar-refractivity contribution in [1.82, 2.24) is 4.98 Å². The van der Waals surface area contributed by atoms with Crippen LogP contribution in [0.5, 0.6) is 5.88 Å². The van der Waals surface area contributed by atoms with Crippen LogP contribution in [-0.4, -0.2) is 43.5 Å². The maximum Gasteiger partial charge on any atom is 0.264 e. The summed E-state index contributed by atoms with van der Waals surface area (Å²) < 4.78 is 33.6. The Morgan fingerprint density at radius 3 is 2.68 bits per heavy atom. The van der Waals surface area contributed by atoms with Crippen molar-refractivity contribution in [2.24, 2.45) is 11.3 Å². The van der Waals surface area contributed by atoms with E-state index in [2.05, 4.69) is 4.98 Å². The van der Waals surface area contributed by atoms with E-state index in [1.54, 1.807) is 18.2 Å². The fourth-order valence-electron chi connectivity index (χ4n) is 3.24. The van der Waals surface area contributed by atoms with Crippen LogP contribution < -0.4 is 9.04 Å². The van der Waals surface area contributed by atoms with Crippen LogP contribution in [-0.2, 0) is 21.2 Å². The summed E-state index contributed by atoms with van der Waals surface area (Å²) in [4.78, 5) is 17.0. The molecule has 2 aromatic rings. The highest BCUT2D eigenvalue weighted by Gasteiger charge is 2.36. The Morgan fingerprint density at radius 1 is 1.35 bits per heavy atom. The minimum absolute atomic E-state index is 0.0207. The molecule has 1 aromatic carbocycles. The van der Waals surface area contributed by atoms with Gasteiger partial charge in [-0.25, -0.2) is 13.4 Å². The summed E-state index contributed by atoms with van der Waals surface area (Å²) >= 11 is 6.00. The molecule has 0 amide bonds. The predicted molar refractivity (Wildman–Crippen MR) is 119 cm³/mol. The number of halogens is 1. The third-order valence-electron chi connectivity index (χ3n) is 5.55. The lowest BCUT2D eigenvalue weighted by molar-refractivity contribution is -0.124. The Bertz CT molecular complexity index is 1080. The van der Waals surface area contributed by atoms with Gasteiger partial charge in [-0.1, -0.05) is 45.4 Å². The van der Waals surface area contributed by atoms with Crippen molar-refractivity contribution in [3.8, 4) is 5.88 Å². The third kappa shape index (κ3) is 5.02. The van der Waals surface area contributed by atoms with Crippen LogP contribution >= 0.6 is 11.6 Å². The molecule has 0 saturated heterocycles. The largest absolute Gasteiger partial charge is 0.468 e. The summed E-state index contributed by atoms with van der Waals surface area (Å²) in [6.45, 7) is 7.44. The van der Waals surface area contributed by atoms with E-state index in [9.17, 15) is 18.3 Å². The van der Waals surface area contributed by atoms with Gasteiger partial charge in [0.05, 0.1) is 18.0 Å². The van der Waals surface area contributed by atoms with Gasteiger partial charge >= 0.3 is 0 Å². The number of anilines is 1. The fraction of sp³-hybridized carbons (Fsp3) is 0.455. The quantitative estimate of drug-likeness (QED) is 0.700. The lowest BCUT2D eigenvalue weighted by Crippen LogP contribution is -2.45. The topological polar surface area (TPSA) is 96.8 Å². The van der Waals surface area contributed by atoms with E-state index in [0.717, 1.165) is 4.31 Å². The Kier molecular flexibility index (Phi) is 6.64. The van der Waals surface area contributed by atoms with Crippen LogP contribution in [0.25, 0.3) is 0 Å². The average molecular weight is 467 g/mol. The van der Waals surface area contributed by atoms with Gasteiger partial charge in [0.2, 0.25) is 5.88 Å². The fourth-order valence-corrected chi connectivity index (χ4v) is 5.03. The number of carbonyl (C=O) groups excluding carboxylic acids is 1. The van der Waals surface area contributed by atoms with Crippen LogP contribution in [0, 0.1) is 11.3 Å².